The molecular formula is C35H43N7O11. The zero-order valence-corrected chi connectivity index (χ0v) is 29.1. The van der Waals surface area contributed by atoms with Gasteiger partial charge in [0.2, 0.25) is 11.8 Å². The maximum absolute atomic E-state index is 13.2. The van der Waals surface area contributed by atoms with Crippen LogP contribution in [0.2, 0.25) is 0 Å². The predicted molar refractivity (Wildman–Crippen MR) is 192 cm³/mol. The van der Waals surface area contributed by atoms with E-state index < -0.39 is 61.9 Å². The van der Waals surface area contributed by atoms with Crippen molar-refractivity contribution in [2.45, 2.75) is 19.9 Å². The fourth-order valence-corrected chi connectivity index (χ4v) is 5.28. The van der Waals surface area contributed by atoms with Crippen molar-refractivity contribution in [3.63, 3.8) is 0 Å². The second-order valence-corrected chi connectivity index (χ2v) is 12.0. The Kier molecular flexibility index (Phi) is 15.6. The molecule has 0 heterocycles. The number of hydrazine groups is 1. The van der Waals surface area contributed by atoms with Gasteiger partial charge in [0.25, 0.3) is 5.91 Å². The van der Waals surface area contributed by atoms with Crippen molar-refractivity contribution in [2.24, 2.45) is 0 Å². The van der Waals surface area contributed by atoms with E-state index in [9.17, 15) is 33.6 Å². The average molecular weight is 738 g/mol. The molecule has 0 aliphatic heterocycles. The largest absolute Gasteiger partial charge is 0.480 e. The SMILES string of the molecule is CCC(=O)N(NC(=O)c1ccc(CNC(=O)CN(CCN(CC(=O)O)CC(=O)O)CCN(CC(=O)O)CC(=O)O)cc1)c1cc2ccccc2cc1N. The van der Waals surface area contributed by atoms with Gasteiger partial charge < -0.3 is 31.5 Å². The fourth-order valence-electron chi connectivity index (χ4n) is 5.28. The van der Waals surface area contributed by atoms with Gasteiger partial charge in [-0.2, -0.15) is 0 Å². The van der Waals surface area contributed by atoms with Crippen LogP contribution in [0, 0.1) is 0 Å². The van der Waals surface area contributed by atoms with Crippen LogP contribution in [-0.2, 0) is 35.3 Å². The number of nitrogens with zero attached hydrogens (tertiary/aromatic N) is 4. The number of anilines is 2. The third-order valence-electron chi connectivity index (χ3n) is 7.87. The Balaban J connectivity index is 1.66. The molecule has 0 saturated heterocycles. The van der Waals surface area contributed by atoms with Gasteiger partial charge in [0, 0.05) is 44.7 Å². The monoisotopic (exact) mass is 737 g/mol. The van der Waals surface area contributed by atoms with Crippen LogP contribution in [0.4, 0.5) is 11.4 Å². The molecule has 18 nitrogen and oxygen atoms in total. The van der Waals surface area contributed by atoms with Gasteiger partial charge in [0.05, 0.1) is 44.1 Å². The molecule has 0 saturated carbocycles. The van der Waals surface area contributed by atoms with E-state index in [1.165, 1.54) is 17.0 Å². The lowest BCUT2D eigenvalue weighted by molar-refractivity contribution is -0.143. The minimum atomic E-state index is -1.26. The number of carboxylic acid groups (broad SMARTS) is 4. The first-order chi connectivity index (χ1) is 25.1. The zero-order chi connectivity index (χ0) is 39.1. The first kappa shape index (κ1) is 41.3. The number of carboxylic acids is 4. The van der Waals surface area contributed by atoms with Gasteiger partial charge in [0.1, 0.15) is 0 Å². The number of hydrogen-bond acceptors (Lipinski definition) is 11. The summed E-state index contributed by atoms with van der Waals surface area (Å²) in [6.07, 6.45) is 0.0917. The summed E-state index contributed by atoms with van der Waals surface area (Å²) in [5, 5.41) is 42.2. The molecule has 53 heavy (non-hydrogen) atoms. The molecule has 0 atom stereocenters. The van der Waals surface area contributed by atoms with Crippen molar-refractivity contribution in [2.75, 3.05) is 69.6 Å². The first-order valence-corrected chi connectivity index (χ1v) is 16.5. The number of nitrogen functional groups attached to an aromatic ring is 1. The Bertz CT molecular complexity index is 1730. The van der Waals surface area contributed by atoms with Crippen molar-refractivity contribution >= 4 is 63.7 Å². The van der Waals surface area contributed by atoms with Gasteiger partial charge in [-0.25, -0.2) is 5.01 Å². The Morgan fingerprint density at radius 3 is 1.58 bits per heavy atom. The van der Waals surface area contributed by atoms with Crippen LogP contribution in [-0.4, -0.2) is 136 Å². The number of aliphatic carboxylic acids is 4. The number of nitrogens with one attached hydrogen (secondary N) is 2. The van der Waals surface area contributed by atoms with Crippen LogP contribution in [0.5, 0.6) is 0 Å². The normalized spacial score (nSPS) is 11.1. The van der Waals surface area contributed by atoms with Crippen LogP contribution in [0.25, 0.3) is 10.8 Å². The molecule has 284 valence electrons. The quantitative estimate of drug-likeness (QED) is 0.0575. The Labute approximate surface area is 304 Å². The van der Waals surface area contributed by atoms with E-state index in [1.807, 2.05) is 24.3 Å². The van der Waals surface area contributed by atoms with Crippen molar-refractivity contribution in [3.05, 3.63) is 71.8 Å². The highest BCUT2D eigenvalue weighted by molar-refractivity contribution is 6.05. The second-order valence-electron chi connectivity index (χ2n) is 12.0. The number of fused-ring (bicyclic) bond motifs is 1. The Morgan fingerprint density at radius 2 is 1.11 bits per heavy atom. The number of carbonyl (C=O) groups excluding carboxylic acids is 3. The molecule has 0 aromatic heterocycles. The highest BCUT2D eigenvalue weighted by Crippen LogP contribution is 2.29. The maximum Gasteiger partial charge on any atom is 0.317 e. The summed E-state index contributed by atoms with van der Waals surface area (Å²) in [6, 6.07) is 17.1. The number of amides is 3. The lowest BCUT2D eigenvalue weighted by atomic mass is 10.1. The van der Waals surface area contributed by atoms with E-state index in [0.717, 1.165) is 25.6 Å². The molecule has 3 rings (SSSR count). The minimum Gasteiger partial charge on any atom is -0.480 e. The molecule has 0 aliphatic rings. The van der Waals surface area contributed by atoms with E-state index in [1.54, 1.807) is 31.2 Å². The van der Waals surface area contributed by atoms with E-state index in [0.29, 0.717) is 16.9 Å². The third kappa shape index (κ3) is 13.9. The average Bonchev–Trinajstić information content (AvgIpc) is 3.09. The first-order valence-electron chi connectivity index (χ1n) is 16.5. The standard InChI is InChI=1S/C35H43N7O11/c1-2-30(44)42(28-16-26-6-4-3-5-25(26)15-27(28)36)38-35(53)24-9-7-23(8-10-24)17-37-29(43)18-39(11-13-40(19-31(45)46)20-32(47)48)12-14-41(21-33(49)50)22-34(51)52/h3-10,15-16H,2,11-14,17-22,36H2,1H3,(H,37,43)(H,38,53)(H,45,46)(H,47,48)(H,49,50)(H,51,52). The summed E-state index contributed by atoms with van der Waals surface area (Å²) in [4.78, 5) is 87.9. The topological polar surface area (TPSA) is 263 Å². The number of nitrogens with two attached hydrogens (primary N) is 1. The van der Waals surface area contributed by atoms with Crippen LogP contribution < -0.4 is 21.5 Å². The summed E-state index contributed by atoms with van der Waals surface area (Å²) < 4.78 is 0. The Morgan fingerprint density at radius 1 is 0.642 bits per heavy atom. The highest BCUT2D eigenvalue weighted by Gasteiger charge is 2.22. The lowest BCUT2D eigenvalue weighted by Gasteiger charge is -2.28. The molecule has 8 N–H and O–H groups in total. The van der Waals surface area contributed by atoms with E-state index >= 15 is 0 Å². The molecule has 0 unspecified atom stereocenters. The molecule has 0 aliphatic carbocycles. The summed E-state index contributed by atoms with van der Waals surface area (Å²) in [5.41, 5.74) is 10.3. The molecule has 3 aromatic rings. The summed E-state index contributed by atoms with van der Waals surface area (Å²) >= 11 is 0. The summed E-state index contributed by atoms with van der Waals surface area (Å²) in [5.74, 6) is -6.47. The molecule has 0 radical (unpaired) electrons. The minimum absolute atomic E-state index is 0.00811. The van der Waals surface area contributed by atoms with Crippen LogP contribution in [0.3, 0.4) is 0 Å². The smallest absolute Gasteiger partial charge is 0.317 e. The van der Waals surface area contributed by atoms with Crippen LogP contribution >= 0.6 is 0 Å². The third-order valence-corrected chi connectivity index (χ3v) is 7.87. The van der Waals surface area contributed by atoms with Gasteiger partial charge in [-0.1, -0.05) is 43.3 Å². The summed E-state index contributed by atoms with van der Waals surface area (Å²) in [7, 11) is 0. The van der Waals surface area contributed by atoms with Gasteiger partial charge in [0.15, 0.2) is 0 Å². The molecule has 18 heteroatoms. The van der Waals surface area contributed by atoms with E-state index in [-0.39, 0.29) is 57.2 Å². The fraction of sp³-hybridized carbons (Fsp3) is 0.343. The van der Waals surface area contributed by atoms with Gasteiger partial charge in [-0.15, -0.1) is 0 Å². The molecule has 0 bridgehead atoms. The van der Waals surface area contributed by atoms with Gasteiger partial charge >= 0.3 is 23.9 Å². The molecular weight excluding hydrogens is 694 g/mol. The van der Waals surface area contributed by atoms with Crippen LogP contribution in [0.15, 0.2) is 60.7 Å². The highest BCUT2D eigenvalue weighted by atomic mass is 16.4. The van der Waals surface area contributed by atoms with Crippen LogP contribution in [0.1, 0.15) is 29.3 Å². The van der Waals surface area contributed by atoms with Crippen molar-refractivity contribution in [1.82, 2.24) is 25.4 Å². The second kappa shape index (κ2) is 20.1. The van der Waals surface area contributed by atoms with Crippen molar-refractivity contribution < 1.29 is 54.0 Å². The number of hydrogen-bond donors (Lipinski definition) is 7. The predicted octanol–water partition coefficient (Wildman–Crippen LogP) is 0.371. The zero-order valence-electron chi connectivity index (χ0n) is 29.1. The number of rotatable bonds is 21. The molecule has 0 spiro atoms. The lowest BCUT2D eigenvalue weighted by Crippen LogP contribution is -2.47. The number of benzene rings is 3. The molecule has 0 fully saturated rings. The van der Waals surface area contributed by atoms with E-state index in [4.69, 9.17) is 26.2 Å². The number of carbonyl (C=O) groups is 7. The maximum atomic E-state index is 13.2. The van der Waals surface area contributed by atoms with Gasteiger partial charge in [-0.05, 0) is 40.6 Å². The molecule has 3 amide bonds. The van der Waals surface area contributed by atoms with E-state index in [2.05, 4.69) is 10.7 Å². The van der Waals surface area contributed by atoms with Crippen molar-refractivity contribution in [1.29, 1.82) is 0 Å². The van der Waals surface area contributed by atoms with Crippen molar-refractivity contribution in [3.8, 4) is 0 Å². The Hall–Kier alpha value is -6.11. The van der Waals surface area contributed by atoms with Gasteiger partial charge in [-0.3, -0.25) is 53.7 Å². The summed E-state index contributed by atoms with van der Waals surface area (Å²) in [6.45, 7) is -0.985. The molecule has 3 aromatic carbocycles.